The van der Waals surface area contributed by atoms with Gasteiger partial charge < -0.3 is 15.3 Å². The number of rotatable bonds is 7. The van der Waals surface area contributed by atoms with Crippen LogP contribution in [0, 0.1) is 0 Å². The van der Waals surface area contributed by atoms with Crippen molar-refractivity contribution in [3.63, 3.8) is 0 Å². The van der Waals surface area contributed by atoms with Gasteiger partial charge in [-0.25, -0.2) is 0 Å². The van der Waals surface area contributed by atoms with Gasteiger partial charge in [0.15, 0.2) is 0 Å². The molecule has 0 bridgehead atoms. The quantitative estimate of drug-likeness (QED) is 0.683. The van der Waals surface area contributed by atoms with Crippen molar-refractivity contribution in [2.24, 2.45) is 0 Å². The number of piperidine rings is 1. The number of carbonyl (C=O) groups is 1. The standard InChI is InChI=1S/C13H26N2O2S/c1-11(18-2)10-13(17)14-6-3-7-15-8-4-12(16)5-9-15/h11-12,16H,3-10H2,1-2H3,(H,14,17). The van der Waals surface area contributed by atoms with E-state index in [1.54, 1.807) is 11.8 Å². The summed E-state index contributed by atoms with van der Waals surface area (Å²) in [6, 6.07) is 0. The average molecular weight is 274 g/mol. The van der Waals surface area contributed by atoms with Gasteiger partial charge in [0.05, 0.1) is 6.10 Å². The minimum absolute atomic E-state index is 0.103. The molecule has 1 fully saturated rings. The highest BCUT2D eigenvalue weighted by molar-refractivity contribution is 7.99. The molecule has 0 aromatic heterocycles. The molecule has 0 aromatic carbocycles. The summed E-state index contributed by atoms with van der Waals surface area (Å²) >= 11 is 1.72. The highest BCUT2D eigenvalue weighted by Crippen LogP contribution is 2.10. The highest BCUT2D eigenvalue weighted by Gasteiger charge is 2.16. The Morgan fingerprint density at radius 3 is 2.78 bits per heavy atom. The van der Waals surface area contributed by atoms with Gasteiger partial charge in [-0.3, -0.25) is 4.79 Å². The molecule has 1 heterocycles. The molecular formula is C13H26N2O2S. The third kappa shape index (κ3) is 6.61. The fourth-order valence-electron chi connectivity index (χ4n) is 2.09. The third-order valence-corrected chi connectivity index (χ3v) is 4.38. The lowest BCUT2D eigenvalue weighted by Gasteiger charge is -2.29. The Hall–Kier alpha value is -0.260. The van der Waals surface area contributed by atoms with Crippen LogP contribution in [0.4, 0.5) is 0 Å². The summed E-state index contributed by atoms with van der Waals surface area (Å²) in [7, 11) is 0. The molecule has 1 unspecified atom stereocenters. The molecule has 0 aromatic rings. The molecule has 0 radical (unpaired) electrons. The van der Waals surface area contributed by atoms with Gasteiger partial charge in [-0.1, -0.05) is 6.92 Å². The van der Waals surface area contributed by atoms with Crippen LogP contribution in [0.1, 0.15) is 32.6 Å². The van der Waals surface area contributed by atoms with E-state index in [0.717, 1.165) is 45.4 Å². The molecule has 5 heteroatoms. The largest absolute Gasteiger partial charge is 0.393 e. The van der Waals surface area contributed by atoms with E-state index in [0.29, 0.717) is 11.7 Å². The Morgan fingerprint density at radius 1 is 1.50 bits per heavy atom. The minimum Gasteiger partial charge on any atom is -0.393 e. The lowest BCUT2D eigenvalue weighted by atomic mass is 10.1. The lowest BCUT2D eigenvalue weighted by Crippen LogP contribution is -2.37. The van der Waals surface area contributed by atoms with Crippen LogP contribution in [0.15, 0.2) is 0 Å². The second-order valence-electron chi connectivity index (χ2n) is 5.03. The molecule has 18 heavy (non-hydrogen) atoms. The van der Waals surface area contributed by atoms with Crippen LogP contribution >= 0.6 is 11.8 Å². The maximum atomic E-state index is 11.5. The summed E-state index contributed by atoms with van der Waals surface area (Å²) < 4.78 is 0. The molecule has 1 atom stereocenters. The number of likely N-dealkylation sites (tertiary alicyclic amines) is 1. The topological polar surface area (TPSA) is 52.6 Å². The summed E-state index contributed by atoms with van der Waals surface area (Å²) in [6.45, 7) is 5.82. The molecule has 2 N–H and O–H groups in total. The van der Waals surface area contributed by atoms with Gasteiger partial charge in [0, 0.05) is 31.3 Å². The summed E-state index contributed by atoms with van der Waals surface area (Å²) in [5.41, 5.74) is 0. The van der Waals surface area contributed by atoms with E-state index in [4.69, 9.17) is 0 Å². The zero-order valence-corrected chi connectivity index (χ0v) is 12.3. The second-order valence-corrected chi connectivity index (χ2v) is 6.30. The molecule has 1 aliphatic heterocycles. The first-order valence-corrected chi connectivity index (χ1v) is 8.10. The van der Waals surface area contributed by atoms with Gasteiger partial charge in [0.2, 0.25) is 5.91 Å². The highest BCUT2D eigenvalue weighted by atomic mass is 32.2. The first-order chi connectivity index (χ1) is 8.61. The molecule has 1 aliphatic rings. The van der Waals surface area contributed by atoms with Gasteiger partial charge in [-0.15, -0.1) is 0 Å². The average Bonchev–Trinajstić information content (AvgIpc) is 2.36. The van der Waals surface area contributed by atoms with E-state index in [1.807, 2.05) is 6.26 Å². The van der Waals surface area contributed by atoms with Crippen molar-refractivity contribution in [3.05, 3.63) is 0 Å². The van der Waals surface area contributed by atoms with E-state index < -0.39 is 0 Å². The number of nitrogens with one attached hydrogen (secondary N) is 1. The summed E-state index contributed by atoms with van der Waals surface area (Å²) in [5.74, 6) is 0.158. The normalized spacial score (nSPS) is 19.7. The predicted octanol–water partition coefficient (Wildman–Crippen LogP) is 1.09. The number of amides is 1. The summed E-state index contributed by atoms with van der Waals surface area (Å²) in [4.78, 5) is 13.9. The molecule has 106 valence electrons. The molecule has 0 spiro atoms. The number of hydrogen-bond donors (Lipinski definition) is 2. The first kappa shape index (κ1) is 15.8. The number of aliphatic hydroxyl groups is 1. The predicted molar refractivity (Wildman–Crippen MR) is 76.9 cm³/mol. The van der Waals surface area contributed by atoms with Crippen molar-refractivity contribution >= 4 is 17.7 Å². The Morgan fingerprint density at radius 2 is 2.17 bits per heavy atom. The fourth-order valence-corrected chi connectivity index (χ4v) is 2.41. The van der Waals surface area contributed by atoms with Crippen molar-refractivity contribution in [1.29, 1.82) is 0 Å². The number of carbonyl (C=O) groups excluding carboxylic acids is 1. The van der Waals surface area contributed by atoms with Crippen molar-refractivity contribution < 1.29 is 9.90 Å². The second kappa shape index (κ2) is 8.77. The molecule has 0 aliphatic carbocycles. The van der Waals surface area contributed by atoms with E-state index in [9.17, 15) is 9.90 Å². The number of hydrogen-bond acceptors (Lipinski definition) is 4. The lowest BCUT2D eigenvalue weighted by molar-refractivity contribution is -0.121. The van der Waals surface area contributed by atoms with Gasteiger partial charge in [0.25, 0.3) is 0 Å². The van der Waals surface area contributed by atoms with Crippen molar-refractivity contribution in [2.75, 3.05) is 32.4 Å². The summed E-state index contributed by atoms with van der Waals surface area (Å²) in [5, 5.41) is 12.8. The van der Waals surface area contributed by atoms with Gasteiger partial charge >= 0.3 is 0 Å². The molecule has 1 amide bonds. The molecule has 1 rings (SSSR count). The van der Waals surface area contributed by atoms with Crippen molar-refractivity contribution in [3.8, 4) is 0 Å². The van der Waals surface area contributed by atoms with Crippen LogP contribution in [0.5, 0.6) is 0 Å². The number of nitrogens with zero attached hydrogens (tertiary/aromatic N) is 1. The zero-order chi connectivity index (χ0) is 13.4. The van der Waals surface area contributed by atoms with Crippen molar-refractivity contribution in [2.45, 2.75) is 44.0 Å². The van der Waals surface area contributed by atoms with Crippen LogP contribution in [0.2, 0.25) is 0 Å². The third-order valence-electron chi connectivity index (χ3n) is 3.41. The van der Waals surface area contributed by atoms with Crippen LogP contribution < -0.4 is 5.32 Å². The first-order valence-electron chi connectivity index (χ1n) is 6.81. The SMILES string of the molecule is CSC(C)CC(=O)NCCCN1CCC(O)CC1. The Bertz CT molecular complexity index is 243. The minimum atomic E-state index is -0.103. The van der Waals surface area contributed by atoms with Crippen molar-refractivity contribution in [1.82, 2.24) is 10.2 Å². The maximum absolute atomic E-state index is 11.5. The molecule has 1 saturated heterocycles. The van der Waals surface area contributed by atoms with Crippen LogP contribution in [0.3, 0.4) is 0 Å². The van der Waals surface area contributed by atoms with E-state index >= 15 is 0 Å². The number of thioether (sulfide) groups is 1. The van der Waals surface area contributed by atoms with Crippen LogP contribution in [-0.4, -0.2) is 59.7 Å². The Kier molecular flexibility index (Phi) is 7.70. The summed E-state index contributed by atoms with van der Waals surface area (Å²) in [6.07, 6.45) is 5.30. The van der Waals surface area contributed by atoms with E-state index in [2.05, 4.69) is 17.1 Å². The van der Waals surface area contributed by atoms with Gasteiger partial charge in [0.1, 0.15) is 0 Å². The smallest absolute Gasteiger partial charge is 0.221 e. The Balaban J connectivity index is 1.99. The molecular weight excluding hydrogens is 248 g/mol. The van der Waals surface area contributed by atoms with Crippen LogP contribution in [-0.2, 0) is 4.79 Å². The van der Waals surface area contributed by atoms with Crippen LogP contribution in [0.25, 0.3) is 0 Å². The van der Waals surface area contributed by atoms with E-state index in [-0.39, 0.29) is 12.0 Å². The molecule has 4 nitrogen and oxygen atoms in total. The maximum Gasteiger partial charge on any atom is 0.221 e. The van der Waals surface area contributed by atoms with Gasteiger partial charge in [-0.05, 0) is 32.1 Å². The van der Waals surface area contributed by atoms with Gasteiger partial charge in [-0.2, -0.15) is 11.8 Å². The monoisotopic (exact) mass is 274 g/mol. The number of aliphatic hydroxyl groups excluding tert-OH is 1. The zero-order valence-electron chi connectivity index (χ0n) is 11.5. The Labute approximate surface area is 115 Å². The molecule has 0 saturated carbocycles. The van der Waals surface area contributed by atoms with E-state index in [1.165, 1.54) is 0 Å². The fraction of sp³-hybridized carbons (Fsp3) is 0.923.